The quantitative estimate of drug-likeness (QED) is 0.652. The highest BCUT2D eigenvalue weighted by Crippen LogP contribution is 2.20. The first-order valence-electron chi connectivity index (χ1n) is 8.96. The molecule has 2 heteroatoms. The average Bonchev–Trinajstić information content (AvgIpc) is 3.02. The Hall–Kier alpha value is -2.58. The smallest absolute Gasteiger partial charge is 0.0478 e. The molecule has 126 valence electrons. The van der Waals surface area contributed by atoms with Crippen molar-refractivity contribution in [2.75, 3.05) is 13.1 Å². The molecule has 0 saturated carbocycles. The van der Waals surface area contributed by atoms with Crippen molar-refractivity contribution >= 4 is 17.0 Å². The van der Waals surface area contributed by atoms with Gasteiger partial charge in [0, 0.05) is 43.8 Å². The molecule has 2 nitrogen and oxygen atoms in total. The third-order valence-corrected chi connectivity index (χ3v) is 4.98. The molecule has 1 aliphatic heterocycles. The van der Waals surface area contributed by atoms with Gasteiger partial charge in [0.1, 0.15) is 0 Å². The van der Waals surface area contributed by atoms with E-state index in [4.69, 9.17) is 0 Å². The van der Waals surface area contributed by atoms with Gasteiger partial charge in [0.15, 0.2) is 0 Å². The Kier molecular flexibility index (Phi) is 4.53. The zero-order chi connectivity index (χ0) is 17.1. The van der Waals surface area contributed by atoms with Crippen molar-refractivity contribution < 1.29 is 0 Å². The minimum atomic E-state index is 1.03. The summed E-state index contributed by atoms with van der Waals surface area (Å²) in [5.41, 5.74) is 5.39. The fraction of sp³-hybridized carbons (Fsp3) is 0.217. The molecule has 2 aromatic carbocycles. The molecule has 0 N–H and O–H groups in total. The van der Waals surface area contributed by atoms with Crippen molar-refractivity contribution in [3.05, 3.63) is 89.6 Å². The van der Waals surface area contributed by atoms with Crippen LogP contribution in [0.15, 0.2) is 78.5 Å². The van der Waals surface area contributed by atoms with Crippen LogP contribution in [0.3, 0.4) is 0 Å². The molecule has 0 bridgehead atoms. The lowest BCUT2D eigenvalue weighted by atomic mass is 10.0. The van der Waals surface area contributed by atoms with E-state index in [0.717, 1.165) is 26.1 Å². The highest BCUT2D eigenvalue weighted by atomic mass is 15.1. The van der Waals surface area contributed by atoms with Gasteiger partial charge in [-0.3, -0.25) is 4.90 Å². The summed E-state index contributed by atoms with van der Waals surface area (Å²) < 4.78 is 2.16. The average molecular weight is 328 g/mol. The van der Waals surface area contributed by atoms with Crippen LogP contribution in [0.25, 0.3) is 17.0 Å². The third kappa shape index (κ3) is 3.75. The molecule has 0 atom stereocenters. The fourth-order valence-electron chi connectivity index (χ4n) is 3.47. The van der Waals surface area contributed by atoms with Gasteiger partial charge in [-0.25, -0.2) is 0 Å². The molecule has 3 aromatic rings. The van der Waals surface area contributed by atoms with Gasteiger partial charge in [-0.1, -0.05) is 54.6 Å². The minimum Gasteiger partial charge on any atom is -0.351 e. The van der Waals surface area contributed by atoms with Crippen molar-refractivity contribution in [3.63, 3.8) is 0 Å². The number of fused-ring (bicyclic) bond motifs is 1. The molecule has 0 amide bonds. The number of aromatic nitrogens is 1. The molecule has 0 saturated heterocycles. The molecule has 1 aliphatic rings. The van der Waals surface area contributed by atoms with Crippen molar-refractivity contribution in [1.29, 1.82) is 0 Å². The monoisotopic (exact) mass is 328 g/mol. The summed E-state index contributed by atoms with van der Waals surface area (Å²) >= 11 is 0. The standard InChI is InChI=1S/C23H24N2/c1-24-14-13-22-17-20(9-10-23(22)24)8-7-19-11-15-25(16-12-19)18-21-5-3-2-4-6-21/h2-11,13-14,17H,12,15-16,18H2,1H3/b8-7+. The van der Waals surface area contributed by atoms with Crippen LogP contribution in [0.4, 0.5) is 0 Å². The van der Waals surface area contributed by atoms with Gasteiger partial charge in [0.05, 0.1) is 0 Å². The van der Waals surface area contributed by atoms with E-state index in [-0.39, 0.29) is 0 Å². The van der Waals surface area contributed by atoms with Gasteiger partial charge in [-0.2, -0.15) is 0 Å². The Balaban J connectivity index is 1.40. The lowest BCUT2D eigenvalue weighted by Crippen LogP contribution is -2.27. The predicted molar refractivity (Wildman–Crippen MR) is 106 cm³/mol. The summed E-state index contributed by atoms with van der Waals surface area (Å²) in [6, 6.07) is 19.6. The van der Waals surface area contributed by atoms with E-state index < -0.39 is 0 Å². The van der Waals surface area contributed by atoms with Gasteiger partial charge in [-0.15, -0.1) is 0 Å². The van der Waals surface area contributed by atoms with Crippen LogP contribution < -0.4 is 0 Å². The number of allylic oxidation sites excluding steroid dienone is 1. The van der Waals surface area contributed by atoms with Crippen molar-refractivity contribution in [1.82, 2.24) is 9.47 Å². The number of aryl methyl sites for hydroxylation is 1. The molecule has 1 aromatic heterocycles. The Morgan fingerprint density at radius 2 is 1.88 bits per heavy atom. The second-order valence-electron chi connectivity index (χ2n) is 6.83. The summed E-state index contributed by atoms with van der Waals surface area (Å²) in [4.78, 5) is 2.50. The first kappa shape index (κ1) is 15.9. The van der Waals surface area contributed by atoms with Crippen molar-refractivity contribution in [3.8, 4) is 0 Å². The maximum Gasteiger partial charge on any atom is 0.0478 e. The van der Waals surface area contributed by atoms with Crippen LogP contribution in [0.1, 0.15) is 17.5 Å². The molecule has 0 fully saturated rings. The van der Waals surface area contributed by atoms with Gasteiger partial charge >= 0.3 is 0 Å². The van der Waals surface area contributed by atoms with Crippen LogP contribution >= 0.6 is 0 Å². The van der Waals surface area contributed by atoms with Crippen molar-refractivity contribution in [2.24, 2.45) is 7.05 Å². The lowest BCUT2D eigenvalue weighted by molar-refractivity contribution is 0.287. The Morgan fingerprint density at radius 1 is 1.00 bits per heavy atom. The molecule has 2 heterocycles. The molecular weight excluding hydrogens is 304 g/mol. The molecule has 0 radical (unpaired) electrons. The largest absolute Gasteiger partial charge is 0.351 e. The molecule has 0 spiro atoms. The van der Waals surface area contributed by atoms with Crippen molar-refractivity contribution in [2.45, 2.75) is 13.0 Å². The van der Waals surface area contributed by atoms with E-state index in [1.54, 1.807) is 0 Å². The van der Waals surface area contributed by atoms with Gasteiger partial charge in [0.25, 0.3) is 0 Å². The Morgan fingerprint density at radius 3 is 2.68 bits per heavy atom. The number of benzene rings is 2. The van der Waals surface area contributed by atoms with E-state index in [1.807, 2.05) is 0 Å². The zero-order valence-corrected chi connectivity index (χ0v) is 14.7. The van der Waals surface area contributed by atoms with Gasteiger partial charge in [-0.05, 0) is 41.3 Å². The summed E-state index contributed by atoms with van der Waals surface area (Å²) in [6.07, 6.45) is 10.1. The topological polar surface area (TPSA) is 8.17 Å². The van der Waals surface area contributed by atoms with Gasteiger partial charge in [0.2, 0.25) is 0 Å². The number of hydrogen-bond donors (Lipinski definition) is 0. The van der Waals surface area contributed by atoms with E-state index in [2.05, 4.69) is 95.5 Å². The number of rotatable bonds is 4. The molecule has 4 rings (SSSR count). The molecular formula is C23H24N2. The third-order valence-electron chi connectivity index (χ3n) is 4.98. The normalized spacial score (nSPS) is 15.8. The summed E-state index contributed by atoms with van der Waals surface area (Å²) in [7, 11) is 2.09. The van der Waals surface area contributed by atoms with E-state index >= 15 is 0 Å². The molecule has 0 unspecified atom stereocenters. The second-order valence-corrected chi connectivity index (χ2v) is 6.83. The second kappa shape index (κ2) is 7.12. The summed E-state index contributed by atoms with van der Waals surface area (Å²) in [5.74, 6) is 0. The molecule has 0 aliphatic carbocycles. The van der Waals surface area contributed by atoms with E-state index in [1.165, 1.54) is 27.6 Å². The molecule has 25 heavy (non-hydrogen) atoms. The number of nitrogens with zero attached hydrogens (tertiary/aromatic N) is 2. The maximum atomic E-state index is 2.50. The SMILES string of the molecule is Cn1ccc2cc(/C=C/C3=CCN(Cc4ccccc4)CC3)ccc21. The fourth-order valence-corrected chi connectivity index (χ4v) is 3.47. The van der Waals surface area contributed by atoms with Crippen LogP contribution in [0.2, 0.25) is 0 Å². The van der Waals surface area contributed by atoms with Gasteiger partial charge < -0.3 is 4.57 Å². The van der Waals surface area contributed by atoms with Crippen LogP contribution in [0, 0.1) is 0 Å². The summed E-state index contributed by atoms with van der Waals surface area (Å²) in [6.45, 7) is 3.20. The Labute approximate surface area is 149 Å². The summed E-state index contributed by atoms with van der Waals surface area (Å²) in [5, 5.41) is 1.30. The predicted octanol–water partition coefficient (Wildman–Crippen LogP) is 5.02. The first-order chi connectivity index (χ1) is 12.3. The lowest BCUT2D eigenvalue weighted by Gasteiger charge is -2.25. The van der Waals surface area contributed by atoms with E-state index in [9.17, 15) is 0 Å². The highest BCUT2D eigenvalue weighted by molar-refractivity contribution is 5.82. The maximum absolute atomic E-state index is 2.50. The minimum absolute atomic E-state index is 1.03. The zero-order valence-electron chi connectivity index (χ0n) is 14.7. The first-order valence-corrected chi connectivity index (χ1v) is 8.96. The highest BCUT2D eigenvalue weighted by Gasteiger charge is 2.10. The number of hydrogen-bond acceptors (Lipinski definition) is 1. The van der Waals surface area contributed by atoms with E-state index in [0.29, 0.717) is 0 Å². The Bertz CT molecular complexity index is 916. The van der Waals surface area contributed by atoms with Crippen LogP contribution in [-0.4, -0.2) is 22.6 Å². The van der Waals surface area contributed by atoms with Crippen LogP contribution in [-0.2, 0) is 13.6 Å². The van der Waals surface area contributed by atoms with Crippen LogP contribution in [0.5, 0.6) is 0 Å².